The van der Waals surface area contributed by atoms with Crippen molar-refractivity contribution in [3.8, 4) is 0 Å². The van der Waals surface area contributed by atoms with E-state index in [4.69, 9.17) is 12.8 Å². The van der Waals surface area contributed by atoms with E-state index in [9.17, 15) is 16.8 Å². The van der Waals surface area contributed by atoms with Crippen LogP contribution in [-0.4, -0.2) is 57.0 Å². The SMILES string of the molecule is CC(C)[Si](OC(CCOS(C)(=O)=O)COS(C)(=O)=O)(C(C)C)C(C)C. The van der Waals surface area contributed by atoms with E-state index >= 15 is 0 Å². The molecule has 0 aromatic carbocycles. The third kappa shape index (κ3) is 8.96. The maximum absolute atomic E-state index is 11.3. The lowest BCUT2D eigenvalue weighted by atomic mass is 10.3. The summed E-state index contributed by atoms with van der Waals surface area (Å²) in [7, 11) is -9.43. The van der Waals surface area contributed by atoms with E-state index in [1.807, 2.05) is 0 Å². The van der Waals surface area contributed by atoms with Gasteiger partial charge in [0.2, 0.25) is 8.32 Å². The van der Waals surface area contributed by atoms with E-state index in [2.05, 4.69) is 41.5 Å². The summed E-state index contributed by atoms with van der Waals surface area (Å²) in [4.78, 5) is 0. The maximum Gasteiger partial charge on any atom is 0.264 e. The Balaban J connectivity index is 5.39. The second kappa shape index (κ2) is 9.79. The van der Waals surface area contributed by atoms with Gasteiger partial charge < -0.3 is 4.43 Å². The quantitative estimate of drug-likeness (QED) is 0.355. The van der Waals surface area contributed by atoms with Crippen molar-refractivity contribution in [2.24, 2.45) is 0 Å². The van der Waals surface area contributed by atoms with Crippen LogP contribution in [0.3, 0.4) is 0 Å². The second-order valence-electron chi connectivity index (χ2n) is 7.36. The first-order valence-corrected chi connectivity index (χ1v) is 14.3. The molecule has 1 unspecified atom stereocenters. The Labute approximate surface area is 154 Å². The molecular weight excluding hydrogens is 384 g/mol. The highest BCUT2D eigenvalue weighted by atomic mass is 32.2. The van der Waals surface area contributed by atoms with Crippen LogP contribution in [0.25, 0.3) is 0 Å². The van der Waals surface area contributed by atoms with Crippen LogP contribution in [0.5, 0.6) is 0 Å². The minimum Gasteiger partial charge on any atom is -0.411 e. The molecule has 0 fully saturated rings. The molecule has 0 saturated carbocycles. The molecule has 7 nitrogen and oxygen atoms in total. The van der Waals surface area contributed by atoms with Gasteiger partial charge in [-0.1, -0.05) is 41.5 Å². The first-order valence-electron chi connectivity index (χ1n) is 8.48. The van der Waals surface area contributed by atoms with Gasteiger partial charge in [-0.25, -0.2) is 0 Å². The van der Waals surface area contributed by atoms with Gasteiger partial charge in [-0.2, -0.15) is 16.8 Å². The fraction of sp³-hybridized carbons (Fsp3) is 1.00. The van der Waals surface area contributed by atoms with Gasteiger partial charge >= 0.3 is 0 Å². The largest absolute Gasteiger partial charge is 0.411 e. The van der Waals surface area contributed by atoms with Crippen LogP contribution in [0.4, 0.5) is 0 Å². The molecule has 25 heavy (non-hydrogen) atoms. The van der Waals surface area contributed by atoms with E-state index in [-0.39, 0.29) is 19.6 Å². The molecule has 0 N–H and O–H groups in total. The Morgan fingerprint density at radius 3 is 1.48 bits per heavy atom. The molecule has 152 valence electrons. The summed E-state index contributed by atoms with van der Waals surface area (Å²) in [6, 6.07) is 0. The third-order valence-corrected chi connectivity index (χ3v) is 11.6. The Hall–Kier alpha value is -0.00312. The highest BCUT2D eigenvalue weighted by Crippen LogP contribution is 2.43. The van der Waals surface area contributed by atoms with Gasteiger partial charge in [0, 0.05) is 0 Å². The second-order valence-corrected chi connectivity index (χ2v) is 16.1. The average Bonchev–Trinajstić information content (AvgIpc) is 2.37. The Morgan fingerprint density at radius 1 is 0.760 bits per heavy atom. The van der Waals surface area contributed by atoms with Gasteiger partial charge in [-0.05, 0) is 23.0 Å². The summed E-state index contributed by atoms with van der Waals surface area (Å²) in [6.45, 7) is 12.5. The van der Waals surface area contributed by atoms with E-state index in [1.165, 1.54) is 0 Å². The van der Waals surface area contributed by atoms with Gasteiger partial charge in [-0.3, -0.25) is 8.37 Å². The van der Waals surface area contributed by atoms with Crippen LogP contribution in [0.15, 0.2) is 0 Å². The molecule has 0 aromatic heterocycles. The minimum atomic E-state index is -3.61. The topological polar surface area (TPSA) is 96.0 Å². The van der Waals surface area contributed by atoms with Gasteiger partial charge in [-0.15, -0.1) is 0 Å². The van der Waals surface area contributed by atoms with Gasteiger partial charge in [0.1, 0.15) is 0 Å². The van der Waals surface area contributed by atoms with Crippen molar-refractivity contribution in [1.82, 2.24) is 0 Å². The summed E-state index contributed by atoms with van der Waals surface area (Å²) < 4.78 is 61.2. The van der Waals surface area contributed by atoms with E-state index < -0.39 is 34.7 Å². The summed E-state index contributed by atoms with van der Waals surface area (Å²) >= 11 is 0. The highest BCUT2D eigenvalue weighted by molar-refractivity contribution is 7.86. The monoisotopic (exact) mass is 418 g/mol. The average molecular weight is 419 g/mol. The van der Waals surface area contributed by atoms with Crippen LogP contribution >= 0.6 is 0 Å². The van der Waals surface area contributed by atoms with E-state index in [1.54, 1.807) is 0 Å². The maximum atomic E-state index is 11.3. The Kier molecular flexibility index (Phi) is 9.79. The van der Waals surface area contributed by atoms with Crippen molar-refractivity contribution in [2.75, 3.05) is 25.7 Å². The van der Waals surface area contributed by atoms with Crippen LogP contribution in [0.2, 0.25) is 16.6 Å². The summed E-state index contributed by atoms with van der Waals surface area (Å²) in [5, 5.41) is 0. The normalized spacial score (nSPS) is 15.3. The number of hydrogen-bond donors (Lipinski definition) is 0. The van der Waals surface area contributed by atoms with Crippen molar-refractivity contribution < 1.29 is 29.6 Å². The molecule has 0 rings (SSSR count). The molecule has 0 heterocycles. The molecule has 0 aliphatic rings. The Morgan fingerprint density at radius 2 is 1.16 bits per heavy atom. The lowest BCUT2D eigenvalue weighted by Crippen LogP contribution is -2.51. The number of rotatable bonds is 12. The van der Waals surface area contributed by atoms with E-state index in [0.29, 0.717) is 16.6 Å². The standard InChI is InChI=1S/C15H34O7S2Si/c1-12(2)25(13(3)4,14(5)6)22-15(11-21-24(8,18)19)9-10-20-23(7,16)17/h12-15H,9-11H2,1-8H3. The zero-order chi connectivity index (χ0) is 20.1. The lowest BCUT2D eigenvalue weighted by Gasteiger charge is -2.44. The fourth-order valence-electron chi connectivity index (χ4n) is 3.40. The molecule has 10 heteroatoms. The molecule has 0 spiro atoms. The van der Waals surface area contributed by atoms with E-state index in [0.717, 1.165) is 12.5 Å². The first-order chi connectivity index (χ1) is 11.1. The van der Waals surface area contributed by atoms with Crippen molar-refractivity contribution in [3.63, 3.8) is 0 Å². The fourth-order valence-corrected chi connectivity index (χ4v) is 9.78. The van der Waals surface area contributed by atoms with Gasteiger partial charge in [0.25, 0.3) is 20.2 Å². The molecule has 0 aliphatic heterocycles. The zero-order valence-electron chi connectivity index (χ0n) is 16.6. The molecule has 0 aromatic rings. The zero-order valence-corrected chi connectivity index (χ0v) is 19.2. The number of hydrogen-bond acceptors (Lipinski definition) is 7. The minimum absolute atomic E-state index is 0.0740. The Bertz CT molecular complexity index is 576. The van der Waals surface area contributed by atoms with Crippen molar-refractivity contribution >= 4 is 28.6 Å². The van der Waals surface area contributed by atoms with Crippen LogP contribution < -0.4 is 0 Å². The molecule has 0 bridgehead atoms. The molecule has 0 radical (unpaired) electrons. The van der Waals surface area contributed by atoms with Crippen LogP contribution in [-0.2, 0) is 33.0 Å². The predicted octanol–water partition coefficient (Wildman–Crippen LogP) is 2.89. The molecular formula is C15H34O7S2Si. The van der Waals surface area contributed by atoms with Crippen LogP contribution in [0.1, 0.15) is 48.0 Å². The third-order valence-electron chi connectivity index (χ3n) is 4.28. The predicted molar refractivity (Wildman–Crippen MR) is 102 cm³/mol. The molecule has 0 aliphatic carbocycles. The molecule has 1 atom stereocenters. The van der Waals surface area contributed by atoms with Gasteiger partial charge in [0.05, 0.1) is 31.8 Å². The van der Waals surface area contributed by atoms with Crippen molar-refractivity contribution in [1.29, 1.82) is 0 Å². The van der Waals surface area contributed by atoms with Gasteiger partial charge in [0.15, 0.2) is 0 Å². The molecule has 0 saturated heterocycles. The van der Waals surface area contributed by atoms with Crippen molar-refractivity contribution in [2.45, 2.75) is 70.7 Å². The lowest BCUT2D eigenvalue weighted by molar-refractivity contribution is 0.0934. The first kappa shape index (κ1) is 25.0. The highest BCUT2D eigenvalue weighted by Gasteiger charge is 2.46. The summed E-state index contributed by atoms with van der Waals surface area (Å²) in [5.74, 6) is 0. The van der Waals surface area contributed by atoms with Crippen molar-refractivity contribution in [3.05, 3.63) is 0 Å². The summed E-state index contributed by atoms with van der Waals surface area (Å²) in [5.41, 5.74) is 0.928. The van der Waals surface area contributed by atoms with Crippen LogP contribution in [0, 0.1) is 0 Å². The summed E-state index contributed by atoms with van der Waals surface area (Å²) in [6.07, 6.45) is 1.65. The molecule has 0 amide bonds. The smallest absolute Gasteiger partial charge is 0.264 e.